The molecule has 0 saturated carbocycles. The van der Waals surface area contributed by atoms with Crippen LogP contribution in [0.4, 0.5) is 14.5 Å². The van der Waals surface area contributed by atoms with Crippen LogP contribution in [0, 0.1) is 18.6 Å². The van der Waals surface area contributed by atoms with Crippen LogP contribution in [0.3, 0.4) is 0 Å². The first-order valence-electron chi connectivity index (χ1n) is 6.66. The van der Waals surface area contributed by atoms with Gasteiger partial charge in [0.2, 0.25) is 0 Å². The zero-order valence-corrected chi connectivity index (χ0v) is 11.6. The molecule has 2 N–H and O–H groups in total. The number of aryl methyl sites for hydroxylation is 1. The Labute approximate surface area is 121 Å². The van der Waals surface area contributed by atoms with Crippen molar-refractivity contribution in [1.82, 2.24) is 0 Å². The molecule has 3 rings (SSSR count). The zero-order valence-electron chi connectivity index (χ0n) is 11.6. The van der Waals surface area contributed by atoms with E-state index < -0.39 is 11.6 Å². The number of halogens is 2. The number of rotatable bonds is 2. The lowest BCUT2D eigenvalue weighted by molar-refractivity contribution is 0.575. The molecular formula is C16H15F2N3. The highest BCUT2D eigenvalue weighted by Crippen LogP contribution is 2.31. The molecule has 1 unspecified atom stereocenters. The molecule has 0 fully saturated rings. The smallest absolute Gasteiger partial charge is 0.196 e. The van der Waals surface area contributed by atoms with E-state index in [1.807, 2.05) is 31.2 Å². The minimum atomic E-state index is -0.598. The molecule has 1 aliphatic heterocycles. The topological polar surface area (TPSA) is 41.6 Å². The summed E-state index contributed by atoms with van der Waals surface area (Å²) in [5.41, 5.74) is 8.45. The van der Waals surface area contributed by atoms with Crippen LogP contribution in [-0.4, -0.2) is 12.5 Å². The maximum atomic E-state index is 13.4. The Morgan fingerprint density at radius 2 is 1.71 bits per heavy atom. The maximum Gasteiger partial charge on any atom is 0.196 e. The number of benzene rings is 2. The number of nitrogens with zero attached hydrogens (tertiary/aromatic N) is 2. The van der Waals surface area contributed by atoms with E-state index in [-0.39, 0.29) is 6.04 Å². The van der Waals surface area contributed by atoms with E-state index in [0.29, 0.717) is 18.1 Å². The van der Waals surface area contributed by atoms with Gasteiger partial charge in [-0.05, 0) is 36.8 Å². The summed E-state index contributed by atoms with van der Waals surface area (Å²) in [5.74, 6) is -0.841. The molecule has 108 valence electrons. The van der Waals surface area contributed by atoms with Crippen LogP contribution in [0.15, 0.2) is 47.5 Å². The van der Waals surface area contributed by atoms with Crippen LogP contribution in [0.25, 0.3) is 0 Å². The van der Waals surface area contributed by atoms with Gasteiger partial charge in [0.05, 0.1) is 12.6 Å². The summed E-state index contributed by atoms with van der Waals surface area (Å²) < 4.78 is 26.9. The third-order valence-corrected chi connectivity index (χ3v) is 3.57. The van der Waals surface area contributed by atoms with Crippen LogP contribution < -0.4 is 10.6 Å². The molecule has 1 atom stereocenters. The number of nitrogens with two attached hydrogens (primary N) is 1. The monoisotopic (exact) mass is 287 g/mol. The van der Waals surface area contributed by atoms with Crippen molar-refractivity contribution in [2.75, 3.05) is 11.4 Å². The predicted octanol–water partition coefficient (Wildman–Crippen LogP) is 3.15. The molecule has 1 aliphatic rings. The number of aliphatic imine (C=N–C) groups is 1. The van der Waals surface area contributed by atoms with Gasteiger partial charge >= 0.3 is 0 Å². The second kappa shape index (κ2) is 5.16. The normalized spacial score (nSPS) is 18.0. The van der Waals surface area contributed by atoms with Crippen molar-refractivity contribution >= 4 is 11.6 Å². The van der Waals surface area contributed by atoms with Crippen LogP contribution >= 0.6 is 0 Å². The molecule has 5 heteroatoms. The lowest BCUT2D eigenvalue weighted by atomic mass is 10.0. The lowest BCUT2D eigenvalue weighted by Gasteiger charge is -2.26. The zero-order chi connectivity index (χ0) is 15.0. The fraction of sp³-hybridized carbons (Fsp3) is 0.188. The molecular weight excluding hydrogens is 272 g/mol. The molecule has 2 aromatic carbocycles. The lowest BCUT2D eigenvalue weighted by Crippen LogP contribution is -2.36. The van der Waals surface area contributed by atoms with Gasteiger partial charge in [-0.3, -0.25) is 4.99 Å². The summed E-state index contributed by atoms with van der Waals surface area (Å²) in [7, 11) is 0. The van der Waals surface area contributed by atoms with Gasteiger partial charge in [0.1, 0.15) is 11.6 Å². The van der Waals surface area contributed by atoms with Crippen LogP contribution in [0.1, 0.15) is 17.2 Å². The van der Waals surface area contributed by atoms with E-state index in [0.717, 1.165) is 17.3 Å². The van der Waals surface area contributed by atoms with E-state index in [2.05, 4.69) is 4.99 Å². The Bertz CT molecular complexity index is 675. The highest BCUT2D eigenvalue weighted by atomic mass is 19.1. The van der Waals surface area contributed by atoms with Gasteiger partial charge in [0.15, 0.2) is 5.96 Å². The number of hydrogen-bond donors (Lipinski definition) is 1. The highest BCUT2D eigenvalue weighted by molar-refractivity contribution is 5.97. The summed E-state index contributed by atoms with van der Waals surface area (Å²) in [6.07, 6.45) is 0. The van der Waals surface area contributed by atoms with Crippen molar-refractivity contribution in [2.45, 2.75) is 13.0 Å². The van der Waals surface area contributed by atoms with Gasteiger partial charge in [-0.15, -0.1) is 0 Å². The largest absolute Gasteiger partial charge is 0.369 e. The van der Waals surface area contributed by atoms with Crippen molar-refractivity contribution in [3.8, 4) is 0 Å². The Hall–Kier alpha value is -2.43. The highest BCUT2D eigenvalue weighted by Gasteiger charge is 2.29. The minimum Gasteiger partial charge on any atom is -0.369 e. The maximum absolute atomic E-state index is 13.4. The van der Waals surface area contributed by atoms with Crippen molar-refractivity contribution < 1.29 is 8.78 Å². The van der Waals surface area contributed by atoms with E-state index in [1.165, 1.54) is 12.1 Å². The molecule has 0 aliphatic carbocycles. The first-order chi connectivity index (χ1) is 10.0. The Morgan fingerprint density at radius 3 is 2.33 bits per heavy atom. The average Bonchev–Trinajstić information content (AvgIpc) is 2.80. The molecule has 0 saturated heterocycles. The average molecular weight is 287 g/mol. The SMILES string of the molecule is Cc1ccc(N2C(N)=NCC2c2cc(F)cc(F)c2)cc1. The minimum absolute atomic E-state index is 0.294. The van der Waals surface area contributed by atoms with Crippen LogP contribution in [0.2, 0.25) is 0 Å². The third-order valence-electron chi connectivity index (χ3n) is 3.57. The molecule has 2 aromatic rings. The Kier molecular flexibility index (Phi) is 3.33. The fourth-order valence-corrected chi connectivity index (χ4v) is 2.54. The quantitative estimate of drug-likeness (QED) is 0.922. The number of guanidine groups is 1. The summed E-state index contributed by atoms with van der Waals surface area (Å²) in [4.78, 5) is 6.01. The molecule has 1 heterocycles. The van der Waals surface area contributed by atoms with Gasteiger partial charge in [-0.25, -0.2) is 8.78 Å². The fourth-order valence-electron chi connectivity index (χ4n) is 2.54. The van der Waals surface area contributed by atoms with E-state index in [1.54, 1.807) is 4.90 Å². The summed E-state index contributed by atoms with van der Waals surface area (Å²) in [6.45, 7) is 2.37. The molecule has 0 spiro atoms. The van der Waals surface area contributed by atoms with Gasteiger partial charge in [-0.1, -0.05) is 17.7 Å². The van der Waals surface area contributed by atoms with E-state index >= 15 is 0 Å². The molecule has 0 bridgehead atoms. The molecule has 0 aromatic heterocycles. The van der Waals surface area contributed by atoms with Crippen molar-refractivity contribution in [2.24, 2.45) is 10.7 Å². The first-order valence-corrected chi connectivity index (χ1v) is 6.66. The van der Waals surface area contributed by atoms with E-state index in [4.69, 9.17) is 5.73 Å². The number of anilines is 1. The molecule has 0 radical (unpaired) electrons. The van der Waals surface area contributed by atoms with Crippen LogP contribution in [-0.2, 0) is 0 Å². The van der Waals surface area contributed by atoms with Gasteiger partial charge in [-0.2, -0.15) is 0 Å². The second-order valence-electron chi connectivity index (χ2n) is 5.12. The molecule has 0 amide bonds. The summed E-state index contributed by atoms with van der Waals surface area (Å²) >= 11 is 0. The Balaban J connectivity index is 2.00. The first kappa shape index (κ1) is 13.5. The van der Waals surface area contributed by atoms with Crippen molar-refractivity contribution in [1.29, 1.82) is 0 Å². The Morgan fingerprint density at radius 1 is 1.10 bits per heavy atom. The number of hydrogen-bond acceptors (Lipinski definition) is 3. The molecule has 3 nitrogen and oxygen atoms in total. The van der Waals surface area contributed by atoms with Gasteiger partial charge in [0.25, 0.3) is 0 Å². The van der Waals surface area contributed by atoms with E-state index in [9.17, 15) is 8.78 Å². The van der Waals surface area contributed by atoms with Gasteiger partial charge < -0.3 is 10.6 Å². The summed E-state index contributed by atoms with van der Waals surface area (Å²) in [5, 5.41) is 0. The van der Waals surface area contributed by atoms with Crippen molar-refractivity contribution in [3.05, 3.63) is 65.2 Å². The third kappa shape index (κ3) is 2.59. The summed E-state index contributed by atoms with van der Waals surface area (Å²) in [6, 6.07) is 11.0. The predicted molar refractivity (Wildman–Crippen MR) is 79.2 cm³/mol. The standard InChI is InChI=1S/C16H15F2N3/c1-10-2-4-14(5-3-10)21-15(9-20-16(21)19)11-6-12(17)8-13(18)7-11/h2-8,15H,9H2,1H3,(H2,19,20). The van der Waals surface area contributed by atoms with Crippen LogP contribution in [0.5, 0.6) is 0 Å². The molecule has 21 heavy (non-hydrogen) atoms. The second-order valence-corrected chi connectivity index (χ2v) is 5.12. The van der Waals surface area contributed by atoms with Gasteiger partial charge in [0, 0.05) is 11.8 Å². The van der Waals surface area contributed by atoms with Crippen molar-refractivity contribution in [3.63, 3.8) is 0 Å².